The summed E-state index contributed by atoms with van der Waals surface area (Å²) in [5, 5.41) is 0.546. The summed E-state index contributed by atoms with van der Waals surface area (Å²) < 4.78 is 1.81. The number of halogens is 1. The Bertz CT molecular complexity index is 761. The van der Waals surface area contributed by atoms with Gasteiger partial charge in [0.05, 0.1) is 10.7 Å². The molecule has 0 bridgehead atoms. The van der Waals surface area contributed by atoms with Gasteiger partial charge < -0.3 is 10.6 Å². The Kier molecular flexibility index (Phi) is 2.99. The number of rotatable bonds is 2. The van der Waals surface area contributed by atoms with Crippen molar-refractivity contribution >= 4 is 34.4 Å². The highest BCUT2D eigenvalue weighted by Gasteiger charge is 2.11. The third kappa shape index (κ3) is 2.06. The van der Waals surface area contributed by atoms with Crippen molar-refractivity contribution in [3.8, 4) is 5.69 Å². The van der Waals surface area contributed by atoms with Crippen LogP contribution in [0, 0.1) is 0 Å². The summed E-state index contributed by atoms with van der Waals surface area (Å²) in [5.74, 6) is 0.396. The largest absolute Gasteiger partial charge is 0.378 e. The van der Waals surface area contributed by atoms with E-state index in [4.69, 9.17) is 17.3 Å². The van der Waals surface area contributed by atoms with Crippen LogP contribution in [-0.4, -0.2) is 28.6 Å². The molecular formula is C14H14ClN5. The second-order valence-electron chi connectivity index (χ2n) is 4.71. The van der Waals surface area contributed by atoms with E-state index in [9.17, 15) is 0 Å². The number of anilines is 2. The molecule has 6 heteroatoms. The molecule has 3 aromatic rings. The molecule has 3 rings (SSSR count). The maximum Gasteiger partial charge on any atom is 0.207 e. The molecule has 0 aliphatic rings. The summed E-state index contributed by atoms with van der Waals surface area (Å²) in [4.78, 5) is 10.6. The van der Waals surface area contributed by atoms with Crippen LogP contribution in [-0.2, 0) is 0 Å². The molecule has 0 saturated heterocycles. The number of nitrogens with two attached hydrogens (primary N) is 1. The fourth-order valence-electron chi connectivity index (χ4n) is 2.11. The average molecular weight is 288 g/mol. The first-order valence-corrected chi connectivity index (χ1v) is 6.51. The average Bonchev–Trinajstić information content (AvgIpc) is 2.73. The van der Waals surface area contributed by atoms with Gasteiger partial charge in [0.15, 0.2) is 5.65 Å². The smallest absolute Gasteiger partial charge is 0.207 e. The molecule has 0 radical (unpaired) electrons. The monoisotopic (exact) mass is 287 g/mol. The molecule has 0 unspecified atom stereocenters. The second-order valence-corrected chi connectivity index (χ2v) is 5.15. The summed E-state index contributed by atoms with van der Waals surface area (Å²) in [6, 6.07) is 9.78. The van der Waals surface area contributed by atoms with E-state index in [1.165, 1.54) is 0 Å². The van der Waals surface area contributed by atoms with Crippen molar-refractivity contribution in [2.75, 3.05) is 24.7 Å². The summed E-state index contributed by atoms with van der Waals surface area (Å²) >= 11 is 5.92. The van der Waals surface area contributed by atoms with E-state index in [0.717, 1.165) is 11.4 Å². The van der Waals surface area contributed by atoms with E-state index in [1.807, 2.05) is 47.8 Å². The summed E-state index contributed by atoms with van der Waals surface area (Å²) in [6.45, 7) is 0. The van der Waals surface area contributed by atoms with Gasteiger partial charge in [0, 0.05) is 26.0 Å². The van der Waals surface area contributed by atoms with E-state index < -0.39 is 0 Å². The highest BCUT2D eigenvalue weighted by molar-refractivity contribution is 6.31. The number of imidazole rings is 1. The van der Waals surface area contributed by atoms with Crippen molar-refractivity contribution in [2.24, 2.45) is 0 Å². The lowest BCUT2D eigenvalue weighted by Crippen LogP contribution is -2.08. The molecule has 2 N–H and O–H groups in total. The fraction of sp³-hybridized carbons (Fsp3) is 0.143. The van der Waals surface area contributed by atoms with Crippen molar-refractivity contribution in [2.45, 2.75) is 0 Å². The maximum absolute atomic E-state index is 5.99. The number of nitrogen functional groups attached to an aromatic ring is 1. The molecule has 2 heterocycles. The molecule has 0 atom stereocenters. The Labute approximate surface area is 121 Å². The van der Waals surface area contributed by atoms with Crippen LogP contribution in [0.2, 0.25) is 5.02 Å². The van der Waals surface area contributed by atoms with Crippen LogP contribution in [0.4, 0.5) is 11.6 Å². The number of benzene rings is 1. The van der Waals surface area contributed by atoms with Crippen LogP contribution in [0.15, 0.2) is 36.5 Å². The topological polar surface area (TPSA) is 60.0 Å². The van der Waals surface area contributed by atoms with E-state index in [-0.39, 0.29) is 0 Å². The van der Waals surface area contributed by atoms with Crippen molar-refractivity contribution in [3.05, 3.63) is 41.6 Å². The second kappa shape index (κ2) is 4.68. The van der Waals surface area contributed by atoms with Gasteiger partial charge in [0.25, 0.3) is 0 Å². The third-order valence-corrected chi connectivity index (χ3v) is 3.32. The van der Waals surface area contributed by atoms with Crippen LogP contribution >= 0.6 is 11.6 Å². The van der Waals surface area contributed by atoms with Crippen LogP contribution in [0.1, 0.15) is 0 Å². The summed E-state index contributed by atoms with van der Waals surface area (Å²) in [6.07, 6.45) is 1.59. The normalized spacial score (nSPS) is 10.9. The number of hydrogen-bond donors (Lipinski definition) is 1. The van der Waals surface area contributed by atoms with Crippen LogP contribution < -0.4 is 10.6 Å². The van der Waals surface area contributed by atoms with Gasteiger partial charge in [-0.2, -0.15) is 0 Å². The van der Waals surface area contributed by atoms with Gasteiger partial charge in [-0.25, -0.2) is 9.97 Å². The lowest BCUT2D eigenvalue weighted by atomic mass is 10.2. The zero-order valence-corrected chi connectivity index (χ0v) is 12.0. The predicted octanol–water partition coefficient (Wildman–Crippen LogP) is 2.72. The first-order valence-electron chi connectivity index (χ1n) is 6.13. The van der Waals surface area contributed by atoms with Gasteiger partial charge in [-0.3, -0.25) is 4.57 Å². The zero-order chi connectivity index (χ0) is 14.3. The van der Waals surface area contributed by atoms with E-state index >= 15 is 0 Å². The van der Waals surface area contributed by atoms with E-state index in [0.29, 0.717) is 22.1 Å². The Morgan fingerprint density at radius 3 is 2.55 bits per heavy atom. The van der Waals surface area contributed by atoms with Gasteiger partial charge in [-0.05, 0) is 30.3 Å². The lowest BCUT2D eigenvalue weighted by molar-refractivity contribution is 1.08. The number of fused-ring (bicyclic) bond motifs is 1. The molecule has 0 amide bonds. The quantitative estimate of drug-likeness (QED) is 0.787. The SMILES string of the molecule is CN(C)c1ccc(-n2c(N)nc3cc(Cl)cnc32)cc1. The molecule has 102 valence electrons. The van der Waals surface area contributed by atoms with Crippen molar-refractivity contribution in [1.82, 2.24) is 14.5 Å². The van der Waals surface area contributed by atoms with Gasteiger partial charge in [0.1, 0.15) is 5.52 Å². The van der Waals surface area contributed by atoms with Crippen molar-refractivity contribution in [3.63, 3.8) is 0 Å². The minimum Gasteiger partial charge on any atom is -0.378 e. The van der Waals surface area contributed by atoms with Gasteiger partial charge in [-0.1, -0.05) is 11.6 Å². The minimum absolute atomic E-state index is 0.396. The molecule has 0 fully saturated rings. The lowest BCUT2D eigenvalue weighted by Gasteiger charge is -2.13. The van der Waals surface area contributed by atoms with Crippen molar-refractivity contribution < 1.29 is 0 Å². The van der Waals surface area contributed by atoms with Crippen LogP contribution in [0.5, 0.6) is 0 Å². The number of hydrogen-bond acceptors (Lipinski definition) is 4. The highest BCUT2D eigenvalue weighted by Crippen LogP contribution is 2.24. The van der Waals surface area contributed by atoms with Gasteiger partial charge in [-0.15, -0.1) is 0 Å². The number of pyridine rings is 1. The summed E-state index contributed by atoms with van der Waals surface area (Å²) in [5.41, 5.74) is 9.42. The Balaban J connectivity index is 2.16. The molecule has 0 aliphatic heterocycles. The fourth-order valence-corrected chi connectivity index (χ4v) is 2.26. The van der Waals surface area contributed by atoms with E-state index in [2.05, 4.69) is 9.97 Å². The molecule has 0 spiro atoms. The van der Waals surface area contributed by atoms with Gasteiger partial charge >= 0.3 is 0 Å². The first kappa shape index (κ1) is 12.7. The Morgan fingerprint density at radius 2 is 1.90 bits per heavy atom. The van der Waals surface area contributed by atoms with Crippen molar-refractivity contribution in [1.29, 1.82) is 0 Å². The summed E-state index contributed by atoms with van der Waals surface area (Å²) in [7, 11) is 4.00. The van der Waals surface area contributed by atoms with Gasteiger partial charge in [0.2, 0.25) is 5.95 Å². The molecule has 0 aliphatic carbocycles. The standard InChI is InChI=1S/C14H14ClN5/c1-19(2)10-3-5-11(6-4-10)20-13-12(18-14(20)16)7-9(15)8-17-13/h3-8H,1-2H3,(H2,16,18). The minimum atomic E-state index is 0.396. The van der Waals surface area contributed by atoms with Crippen LogP contribution in [0.25, 0.3) is 16.9 Å². The molecular weight excluding hydrogens is 274 g/mol. The molecule has 2 aromatic heterocycles. The zero-order valence-electron chi connectivity index (χ0n) is 11.2. The molecule has 5 nitrogen and oxygen atoms in total. The first-order chi connectivity index (χ1) is 9.56. The molecule has 0 saturated carbocycles. The van der Waals surface area contributed by atoms with Crippen LogP contribution in [0.3, 0.4) is 0 Å². The maximum atomic E-state index is 5.99. The molecule has 1 aromatic carbocycles. The molecule has 20 heavy (non-hydrogen) atoms. The number of nitrogens with zero attached hydrogens (tertiary/aromatic N) is 4. The highest BCUT2D eigenvalue weighted by atomic mass is 35.5. The Hall–Kier alpha value is -2.27. The third-order valence-electron chi connectivity index (χ3n) is 3.11. The Morgan fingerprint density at radius 1 is 1.20 bits per heavy atom. The van der Waals surface area contributed by atoms with E-state index in [1.54, 1.807) is 12.3 Å². The predicted molar refractivity (Wildman–Crippen MR) is 82.6 cm³/mol. The number of aromatic nitrogens is 3.